The summed E-state index contributed by atoms with van der Waals surface area (Å²) in [7, 11) is -1.62. The van der Waals surface area contributed by atoms with Crippen molar-refractivity contribution in [2.75, 3.05) is 14.1 Å². The summed E-state index contributed by atoms with van der Waals surface area (Å²) < 4.78 is 47.9. The van der Waals surface area contributed by atoms with Gasteiger partial charge in [0.15, 0.2) is 11.6 Å². The summed E-state index contributed by atoms with van der Waals surface area (Å²) in [6.07, 6.45) is 4.83. The van der Waals surface area contributed by atoms with Crippen molar-refractivity contribution < 1.29 is 32.2 Å². The number of carbonyl (C=O) groups is 2. The fraction of sp³-hybridized carbons (Fsp3) is 0.600. The molecule has 4 fully saturated rings. The van der Waals surface area contributed by atoms with Gasteiger partial charge >= 0.3 is 16.2 Å². The molecule has 8 nitrogen and oxygen atoms in total. The van der Waals surface area contributed by atoms with Gasteiger partial charge in [0.2, 0.25) is 0 Å². The quantitative estimate of drug-likeness (QED) is 0.702. The molecule has 0 heterocycles. The predicted octanol–water partition coefficient (Wildman–Crippen LogP) is 2.26. The number of ether oxygens (including phenoxy) is 1. The van der Waals surface area contributed by atoms with Crippen molar-refractivity contribution in [2.24, 2.45) is 23.7 Å². The maximum Gasteiger partial charge on any atom is 0.338 e. The van der Waals surface area contributed by atoms with Crippen LogP contribution in [0.15, 0.2) is 12.1 Å². The third kappa shape index (κ3) is 3.66. The van der Waals surface area contributed by atoms with E-state index in [4.69, 9.17) is 4.74 Å². The fourth-order valence-corrected chi connectivity index (χ4v) is 6.01. The zero-order chi connectivity index (χ0) is 21.8. The largest absolute Gasteiger partial charge is 0.486 e. The van der Waals surface area contributed by atoms with E-state index in [0.29, 0.717) is 11.8 Å². The molecular formula is C20H25FN2O6S. The van der Waals surface area contributed by atoms with Crippen LogP contribution in [-0.2, 0) is 10.2 Å². The molecule has 0 radical (unpaired) electrons. The van der Waals surface area contributed by atoms with Crippen molar-refractivity contribution in [2.45, 2.75) is 38.2 Å². The summed E-state index contributed by atoms with van der Waals surface area (Å²) in [5.74, 6) is -2.45. The number of nitrogens with one attached hydrogen (secondary N) is 1. The number of rotatable bonds is 6. The van der Waals surface area contributed by atoms with Crippen molar-refractivity contribution >= 4 is 22.1 Å². The lowest BCUT2D eigenvalue weighted by atomic mass is 9.55. The highest BCUT2D eigenvalue weighted by atomic mass is 32.2. The molecule has 1 amide bonds. The third-order valence-corrected chi connectivity index (χ3v) is 8.07. The Hall–Kier alpha value is -2.20. The molecule has 4 aliphatic rings. The van der Waals surface area contributed by atoms with Crippen LogP contribution < -0.4 is 9.46 Å². The zero-order valence-corrected chi connectivity index (χ0v) is 17.6. The second-order valence-electron chi connectivity index (χ2n) is 8.84. The number of carboxylic acids is 1. The van der Waals surface area contributed by atoms with Crippen LogP contribution in [0.5, 0.6) is 5.75 Å². The number of carboxylic acid groups (broad SMARTS) is 1. The van der Waals surface area contributed by atoms with E-state index >= 15 is 4.39 Å². The minimum Gasteiger partial charge on any atom is -0.486 e. The van der Waals surface area contributed by atoms with Gasteiger partial charge in [-0.2, -0.15) is 12.7 Å². The van der Waals surface area contributed by atoms with Crippen LogP contribution in [0.2, 0.25) is 0 Å². The molecule has 4 aliphatic carbocycles. The molecule has 30 heavy (non-hydrogen) atoms. The first-order chi connectivity index (χ1) is 14.1. The van der Waals surface area contributed by atoms with Crippen molar-refractivity contribution in [3.05, 3.63) is 29.1 Å². The molecule has 0 unspecified atom stereocenters. The van der Waals surface area contributed by atoms with Gasteiger partial charge in [0.25, 0.3) is 5.91 Å². The Balaban J connectivity index is 1.69. The first kappa shape index (κ1) is 21.0. The highest BCUT2D eigenvalue weighted by Crippen LogP contribution is 2.55. The second kappa shape index (κ2) is 7.49. The highest BCUT2D eigenvalue weighted by molar-refractivity contribution is 7.87. The zero-order valence-electron chi connectivity index (χ0n) is 16.8. The van der Waals surface area contributed by atoms with E-state index in [1.807, 2.05) is 4.72 Å². The van der Waals surface area contributed by atoms with E-state index in [-0.39, 0.29) is 23.5 Å². The molecule has 4 saturated carbocycles. The average molecular weight is 440 g/mol. The van der Waals surface area contributed by atoms with E-state index in [0.717, 1.165) is 42.1 Å². The molecule has 10 heteroatoms. The van der Waals surface area contributed by atoms with Crippen LogP contribution in [0.1, 0.15) is 52.8 Å². The standard InChI is InChI=1S/C20H25FN2O6S/c1-23(2)30(27,28)22-19(24)15-4-3-14(20(25)26)16(21)18(15)29-17-12-6-10-5-11(8-12)9-13(17)7-10/h3-4,10-13,17H,5-9H2,1-2H3,(H,22,24)(H,25,26). The van der Waals surface area contributed by atoms with E-state index in [9.17, 15) is 23.1 Å². The molecule has 0 saturated heterocycles. The lowest BCUT2D eigenvalue weighted by Gasteiger charge is -2.53. The molecule has 0 aliphatic heterocycles. The smallest absolute Gasteiger partial charge is 0.338 e. The first-order valence-corrected chi connectivity index (χ1v) is 11.5. The molecule has 164 valence electrons. The van der Waals surface area contributed by atoms with E-state index in [1.54, 1.807) is 0 Å². The minimum atomic E-state index is -4.11. The summed E-state index contributed by atoms with van der Waals surface area (Å²) in [5.41, 5.74) is -0.961. The number of nitrogens with zero attached hydrogens (tertiary/aromatic N) is 1. The van der Waals surface area contributed by atoms with Crippen molar-refractivity contribution in [3.8, 4) is 5.75 Å². The SMILES string of the molecule is CN(C)S(=O)(=O)NC(=O)c1ccc(C(=O)O)c(F)c1OC1C2CC3CC(C2)CC1C3. The van der Waals surface area contributed by atoms with Crippen LogP contribution in [0, 0.1) is 29.5 Å². The molecule has 0 atom stereocenters. The van der Waals surface area contributed by atoms with Gasteiger partial charge in [0.05, 0.1) is 11.1 Å². The van der Waals surface area contributed by atoms with Gasteiger partial charge < -0.3 is 9.84 Å². The lowest BCUT2D eigenvalue weighted by molar-refractivity contribution is -0.0802. The van der Waals surface area contributed by atoms with E-state index < -0.39 is 39.2 Å². The molecule has 0 spiro atoms. The second-order valence-corrected chi connectivity index (χ2v) is 10.7. The van der Waals surface area contributed by atoms with Crippen molar-refractivity contribution in [1.29, 1.82) is 0 Å². The number of hydrogen-bond acceptors (Lipinski definition) is 5. The number of carbonyl (C=O) groups excluding carboxylic acids is 1. The maximum atomic E-state index is 15.1. The van der Waals surface area contributed by atoms with Gasteiger partial charge in [-0.05, 0) is 67.9 Å². The molecule has 4 bridgehead atoms. The minimum absolute atomic E-state index is 0.232. The number of amides is 1. The topological polar surface area (TPSA) is 113 Å². The van der Waals surface area contributed by atoms with E-state index in [2.05, 4.69) is 0 Å². The summed E-state index contributed by atoms with van der Waals surface area (Å²) in [5, 5.41) is 9.29. The summed E-state index contributed by atoms with van der Waals surface area (Å²) in [6.45, 7) is 0. The number of hydrogen-bond donors (Lipinski definition) is 2. The van der Waals surface area contributed by atoms with Gasteiger partial charge in [0.1, 0.15) is 6.10 Å². The summed E-state index contributed by atoms with van der Waals surface area (Å²) >= 11 is 0. The Kier molecular flexibility index (Phi) is 5.26. The van der Waals surface area contributed by atoms with Gasteiger partial charge in [0, 0.05) is 14.1 Å². The van der Waals surface area contributed by atoms with Crippen molar-refractivity contribution in [1.82, 2.24) is 9.03 Å². The molecule has 0 aromatic heterocycles. The maximum absolute atomic E-state index is 15.1. The van der Waals surface area contributed by atoms with Crippen LogP contribution >= 0.6 is 0 Å². The predicted molar refractivity (Wildman–Crippen MR) is 105 cm³/mol. The average Bonchev–Trinajstić information content (AvgIpc) is 2.64. The van der Waals surface area contributed by atoms with Gasteiger partial charge in [-0.1, -0.05) is 0 Å². The molecule has 5 rings (SSSR count). The first-order valence-electron chi connectivity index (χ1n) is 10.0. The lowest BCUT2D eigenvalue weighted by Crippen LogP contribution is -2.51. The number of aromatic carboxylic acids is 1. The summed E-state index contributed by atoms with van der Waals surface area (Å²) in [6, 6.07) is 2.04. The van der Waals surface area contributed by atoms with Crippen LogP contribution in [0.4, 0.5) is 4.39 Å². The normalized spacial score (nSPS) is 29.8. The van der Waals surface area contributed by atoms with Crippen LogP contribution in [0.25, 0.3) is 0 Å². The number of benzene rings is 1. The van der Waals surface area contributed by atoms with Gasteiger partial charge in [-0.15, -0.1) is 0 Å². The molecule has 2 N–H and O–H groups in total. The third-order valence-electron chi connectivity index (χ3n) is 6.67. The Labute approximate surface area is 174 Å². The Bertz CT molecular complexity index is 965. The Morgan fingerprint density at radius 2 is 1.60 bits per heavy atom. The molecular weight excluding hydrogens is 415 g/mol. The fourth-order valence-electron chi connectivity index (χ4n) is 5.48. The van der Waals surface area contributed by atoms with Crippen LogP contribution in [0.3, 0.4) is 0 Å². The monoisotopic (exact) mass is 440 g/mol. The molecule has 1 aromatic rings. The van der Waals surface area contributed by atoms with Gasteiger partial charge in [-0.25, -0.2) is 13.9 Å². The number of halogens is 1. The summed E-state index contributed by atoms with van der Waals surface area (Å²) in [4.78, 5) is 24.1. The molecule has 1 aromatic carbocycles. The Morgan fingerprint density at radius 3 is 2.10 bits per heavy atom. The van der Waals surface area contributed by atoms with Gasteiger partial charge in [-0.3, -0.25) is 4.79 Å². The Morgan fingerprint density at radius 1 is 1.07 bits per heavy atom. The van der Waals surface area contributed by atoms with E-state index in [1.165, 1.54) is 20.5 Å². The van der Waals surface area contributed by atoms with Crippen LogP contribution in [-0.4, -0.2) is 49.9 Å². The highest BCUT2D eigenvalue weighted by Gasteiger charge is 2.50. The van der Waals surface area contributed by atoms with Crippen molar-refractivity contribution in [3.63, 3.8) is 0 Å².